The number of rotatable bonds is 9. The summed E-state index contributed by atoms with van der Waals surface area (Å²) in [5.74, 6) is -1.97. The van der Waals surface area contributed by atoms with Crippen LogP contribution < -0.4 is 5.32 Å². The quantitative estimate of drug-likeness (QED) is 0.497. The molecule has 1 aromatic heterocycles. The van der Waals surface area contributed by atoms with Gasteiger partial charge in [-0.1, -0.05) is 36.0 Å². The minimum Gasteiger partial charge on any atom is -0.467 e. The van der Waals surface area contributed by atoms with Gasteiger partial charge in [0.15, 0.2) is 0 Å². The van der Waals surface area contributed by atoms with E-state index < -0.39 is 5.76 Å². The molecule has 0 aliphatic heterocycles. The van der Waals surface area contributed by atoms with E-state index in [1.165, 1.54) is 12.1 Å². The van der Waals surface area contributed by atoms with Crippen LogP contribution in [0.3, 0.4) is 0 Å². The Labute approximate surface area is 165 Å². The molecule has 1 N–H and O–H groups in total. The lowest BCUT2D eigenvalue weighted by Crippen LogP contribution is -2.22. The molecular formula is C21H19F2NO3S. The molecule has 3 rings (SSSR count). The summed E-state index contributed by atoms with van der Waals surface area (Å²) in [6.45, 7) is 1.19. The molecule has 0 radical (unpaired) electrons. The fraction of sp³-hybridized carbons (Fsp3) is 0.190. The Balaban J connectivity index is 1.49. The molecule has 1 amide bonds. The minimum atomic E-state index is -2.48. The van der Waals surface area contributed by atoms with Crippen molar-refractivity contribution in [3.8, 4) is 0 Å². The molecule has 0 aliphatic rings. The molecular weight excluding hydrogens is 384 g/mol. The van der Waals surface area contributed by atoms with Crippen LogP contribution in [0, 0.1) is 0 Å². The van der Waals surface area contributed by atoms with Crippen LogP contribution in [0.15, 0.2) is 76.2 Å². The van der Waals surface area contributed by atoms with Gasteiger partial charge in [-0.05, 0) is 47.5 Å². The average Bonchev–Trinajstić information content (AvgIpc) is 3.20. The van der Waals surface area contributed by atoms with Crippen molar-refractivity contribution in [2.75, 3.05) is 0 Å². The Morgan fingerprint density at radius 2 is 1.82 bits per heavy atom. The van der Waals surface area contributed by atoms with Gasteiger partial charge in [0.1, 0.15) is 12.4 Å². The molecule has 0 atom stereocenters. The molecule has 28 heavy (non-hydrogen) atoms. The van der Waals surface area contributed by atoms with Crippen molar-refractivity contribution in [1.82, 2.24) is 5.32 Å². The van der Waals surface area contributed by atoms with Crippen molar-refractivity contribution in [3.05, 3.63) is 89.4 Å². The van der Waals surface area contributed by atoms with Crippen LogP contribution in [0.25, 0.3) is 0 Å². The highest BCUT2D eigenvalue weighted by atomic mass is 32.2. The number of hydrogen-bond donors (Lipinski definition) is 1. The molecule has 0 aliphatic carbocycles. The SMILES string of the molecule is O=C(NCc1cccc(COCc2ccco2)c1)c1ccc(SC(F)F)cc1. The van der Waals surface area contributed by atoms with Crippen molar-refractivity contribution in [1.29, 1.82) is 0 Å². The number of carbonyl (C=O) groups is 1. The van der Waals surface area contributed by atoms with Crippen LogP contribution >= 0.6 is 11.8 Å². The number of alkyl halides is 2. The maximum absolute atomic E-state index is 12.3. The lowest BCUT2D eigenvalue weighted by molar-refractivity contribution is 0.0928. The number of benzene rings is 2. The van der Waals surface area contributed by atoms with E-state index in [1.807, 2.05) is 36.4 Å². The van der Waals surface area contributed by atoms with E-state index in [0.717, 1.165) is 16.9 Å². The number of thioether (sulfide) groups is 1. The van der Waals surface area contributed by atoms with Gasteiger partial charge in [0.2, 0.25) is 0 Å². The zero-order chi connectivity index (χ0) is 19.8. The standard InChI is InChI=1S/C21H19F2NO3S/c22-21(23)28-19-8-6-17(7-9-19)20(25)24-12-15-3-1-4-16(11-15)13-26-14-18-5-2-10-27-18/h1-11,21H,12-14H2,(H,24,25). The third-order valence-electron chi connectivity index (χ3n) is 3.88. The predicted molar refractivity (Wildman–Crippen MR) is 103 cm³/mol. The Morgan fingerprint density at radius 3 is 2.54 bits per heavy atom. The van der Waals surface area contributed by atoms with Crippen LogP contribution in [0.4, 0.5) is 8.78 Å². The minimum absolute atomic E-state index is 0.256. The molecule has 0 spiro atoms. The first kappa shape index (κ1) is 20.1. The third kappa shape index (κ3) is 6.21. The number of ether oxygens (including phenoxy) is 1. The summed E-state index contributed by atoms with van der Waals surface area (Å²) in [6.07, 6.45) is 1.60. The number of carbonyl (C=O) groups excluding carboxylic acids is 1. The van der Waals surface area contributed by atoms with E-state index in [0.29, 0.717) is 42.0 Å². The number of nitrogens with one attached hydrogen (secondary N) is 1. The number of furan rings is 1. The summed E-state index contributed by atoms with van der Waals surface area (Å²) >= 11 is 0.453. The van der Waals surface area contributed by atoms with Crippen LogP contribution in [0.2, 0.25) is 0 Å². The Morgan fingerprint density at radius 1 is 1.04 bits per heavy atom. The second kappa shape index (κ2) is 10.1. The van der Waals surface area contributed by atoms with Crippen molar-refractivity contribution in [2.45, 2.75) is 30.4 Å². The van der Waals surface area contributed by atoms with E-state index in [1.54, 1.807) is 18.4 Å². The first-order valence-corrected chi connectivity index (χ1v) is 9.49. The van der Waals surface area contributed by atoms with Gasteiger partial charge in [0, 0.05) is 17.0 Å². The predicted octanol–water partition coefficient (Wildman–Crippen LogP) is 5.24. The van der Waals surface area contributed by atoms with Crippen molar-refractivity contribution in [2.24, 2.45) is 0 Å². The van der Waals surface area contributed by atoms with Crippen molar-refractivity contribution >= 4 is 17.7 Å². The van der Waals surface area contributed by atoms with E-state index in [-0.39, 0.29) is 5.91 Å². The van der Waals surface area contributed by atoms with Gasteiger partial charge in [0.05, 0.1) is 12.9 Å². The molecule has 7 heteroatoms. The largest absolute Gasteiger partial charge is 0.467 e. The van der Waals surface area contributed by atoms with Gasteiger partial charge in [-0.15, -0.1) is 0 Å². The molecule has 0 fully saturated rings. The fourth-order valence-corrected chi connectivity index (χ4v) is 3.06. The van der Waals surface area contributed by atoms with Crippen LogP contribution in [0.5, 0.6) is 0 Å². The summed E-state index contributed by atoms with van der Waals surface area (Å²) in [4.78, 5) is 12.7. The van der Waals surface area contributed by atoms with Gasteiger partial charge in [0.25, 0.3) is 11.7 Å². The van der Waals surface area contributed by atoms with Crippen LogP contribution in [-0.4, -0.2) is 11.7 Å². The number of halogens is 2. The Hall–Kier alpha value is -2.64. The number of hydrogen-bond acceptors (Lipinski definition) is 4. The zero-order valence-corrected chi connectivity index (χ0v) is 15.8. The maximum Gasteiger partial charge on any atom is 0.288 e. The average molecular weight is 403 g/mol. The van der Waals surface area contributed by atoms with E-state index in [9.17, 15) is 13.6 Å². The maximum atomic E-state index is 12.3. The van der Waals surface area contributed by atoms with Crippen molar-refractivity contribution < 1.29 is 22.7 Å². The first-order chi connectivity index (χ1) is 13.6. The summed E-state index contributed by atoms with van der Waals surface area (Å²) < 4.78 is 35.5. The highest BCUT2D eigenvalue weighted by Gasteiger charge is 2.08. The molecule has 3 aromatic rings. The second-order valence-electron chi connectivity index (χ2n) is 5.98. The number of amides is 1. The highest BCUT2D eigenvalue weighted by Crippen LogP contribution is 2.25. The highest BCUT2D eigenvalue weighted by molar-refractivity contribution is 7.99. The topological polar surface area (TPSA) is 51.5 Å². The molecule has 0 unspecified atom stereocenters. The fourth-order valence-electron chi connectivity index (χ4n) is 2.57. The summed E-state index contributed by atoms with van der Waals surface area (Å²) in [7, 11) is 0. The van der Waals surface area contributed by atoms with Crippen LogP contribution in [-0.2, 0) is 24.5 Å². The molecule has 4 nitrogen and oxygen atoms in total. The van der Waals surface area contributed by atoms with Gasteiger partial charge in [-0.2, -0.15) is 8.78 Å². The van der Waals surface area contributed by atoms with E-state index >= 15 is 0 Å². The Kier molecular flexibility index (Phi) is 7.22. The van der Waals surface area contributed by atoms with Gasteiger partial charge in [-0.3, -0.25) is 4.79 Å². The lowest BCUT2D eigenvalue weighted by Gasteiger charge is -2.08. The van der Waals surface area contributed by atoms with Crippen LogP contribution in [0.1, 0.15) is 27.2 Å². The second-order valence-corrected chi connectivity index (χ2v) is 7.04. The van der Waals surface area contributed by atoms with E-state index in [2.05, 4.69) is 5.32 Å². The molecule has 1 heterocycles. The molecule has 0 bridgehead atoms. The normalized spacial score (nSPS) is 11.0. The molecule has 0 saturated carbocycles. The van der Waals surface area contributed by atoms with Gasteiger partial charge < -0.3 is 14.5 Å². The lowest BCUT2D eigenvalue weighted by atomic mass is 10.1. The molecule has 0 saturated heterocycles. The zero-order valence-electron chi connectivity index (χ0n) is 14.9. The van der Waals surface area contributed by atoms with Crippen molar-refractivity contribution in [3.63, 3.8) is 0 Å². The smallest absolute Gasteiger partial charge is 0.288 e. The molecule has 2 aromatic carbocycles. The first-order valence-electron chi connectivity index (χ1n) is 8.61. The summed E-state index contributed by atoms with van der Waals surface area (Å²) in [6, 6.07) is 17.5. The third-order valence-corrected chi connectivity index (χ3v) is 4.60. The van der Waals surface area contributed by atoms with Gasteiger partial charge in [-0.25, -0.2) is 0 Å². The van der Waals surface area contributed by atoms with E-state index in [4.69, 9.17) is 9.15 Å². The Bertz CT molecular complexity index is 883. The summed E-state index contributed by atoms with van der Waals surface area (Å²) in [5.41, 5.74) is 2.36. The van der Waals surface area contributed by atoms with Gasteiger partial charge >= 0.3 is 0 Å². The summed E-state index contributed by atoms with van der Waals surface area (Å²) in [5, 5.41) is 2.83. The monoisotopic (exact) mass is 403 g/mol. The molecule has 146 valence electrons.